The predicted octanol–water partition coefficient (Wildman–Crippen LogP) is 3.84. The van der Waals surface area contributed by atoms with Crippen molar-refractivity contribution in [2.45, 2.75) is 39.8 Å². The molecular weight excluding hydrogens is 268 g/mol. The van der Waals surface area contributed by atoms with E-state index in [2.05, 4.69) is 29.5 Å². The lowest BCUT2D eigenvalue weighted by Crippen LogP contribution is -2.01. The van der Waals surface area contributed by atoms with Crippen molar-refractivity contribution in [2.24, 2.45) is 5.92 Å². The van der Waals surface area contributed by atoms with E-state index in [0.29, 0.717) is 0 Å². The average molecular weight is 290 g/mol. The lowest BCUT2D eigenvalue weighted by Gasteiger charge is -2.06. The first kappa shape index (κ1) is 15.0. The summed E-state index contributed by atoms with van der Waals surface area (Å²) in [6.45, 7) is 5.28. The highest BCUT2D eigenvalue weighted by molar-refractivity contribution is 7.09. The van der Waals surface area contributed by atoms with Gasteiger partial charge in [-0.15, -0.1) is 11.3 Å². The molecule has 3 nitrogen and oxygen atoms in total. The zero-order valence-corrected chi connectivity index (χ0v) is 12.9. The number of aryl methyl sites for hydroxylation is 1. The quantitative estimate of drug-likeness (QED) is 0.814. The standard InChI is InChI=1S/C16H22N2OS/c1-12(2)6-7-16-18-15(11-20-16)9-17-14-5-3-4-13(8-14)10-19/h3-5,8,11-12,17,19H,6-7,9-10H2,1-2H3. The van der Waals surface area contributed by atoms with Crippen LogP contribution in [0.25, 0.3) is 0 Å². The zero-order chi connectivity index (χ0) is 14.4. The third kappa shape index (κ3) is 4.62. The van der Waals surface area contributed by atoms with Gasteiger partial charge >= 0.3 is 0 Å². The van der Waals surface area contributed by atoms with Crippen LogP contribution in [0.3, 0.4) is 0 Å². The summed E-state index contributed by atoms with van der Waals surface area (Å²) >= 11 is 1.74. The molecule has 4 heteroatoms. The summed E-state index contributed by atoms with van der Waals surface area (Å²) < 4.78 is 0. The Labute approximate surface area is 124 Å². The van der Waals surface area contributed by atoms with Gasteiger partial charge in [0.15, 0.2) is 0 Å². The molecule has 0 spiro atoms. The van der Waals surface area contributed by atoms with Crippen LogP contribution in [0.4, 0.5) is 5.69 Å². The average Bonchev–Trinajstić information content (AvgIpc) is 2.91. The summed E-state index contributed by atoms with van der Waals surface area (Å²) in [5, 5.41) is 15.8. The molecular formula is C16H22N2OS. The minimum Gasteiger partial charge on any atom is -0.392 e. The second-order valence-electron chi connectivity index (χ2n) is 5.38. The molecule has 1 heterocycles. The van der Waals surface area contributed by atoms with Gasteiger partial charge < -0.3 is 10.4 Å². The Kier molecular flexibility index (Phi) is 5.56. The molecule has 0 fully saturated rings. The third-order valence-electron chi connectivity index (χ3n) is 3.12. The Morgan fingerprint density at radius 2 is 2.20 bits per heavy atom. The van der Waals surface area contributed by atoms with Crippen LogP contribution < -0.4 is 5.32 Å². The van der Waals surface area contributed by atoms with E-state index in [9.17, 15) is 0 Å². The van der Waals surface area contributed by atoms with Gasteiger partial charge in [0, 0.05) is 11.1 Å². The van der Waals surface area contributed by atoms with Crippen molar-refractivity contribution in [2.75, 3.05) is 5.32 Å². The van der Waals surface area contributed by atoms with Crippen molar-refractivity contribution in [3.05, 3.63) is 45.9 Å². The van der Waals surface area contributed by atoms with E-state index in [0.717, 1.165) is 35.8 Å². The van der Waals surface area contributed by atoms with Gasteiger partial charge in [0.1, 0.15) is 0 Å². The van der Waals surface area contributed by atoms with Gasteiger partial charge in [-0.2, -0.15) is 0 Å². The summed E-state index contributed by atoms with van der Waals surface area (Å²) in [4.78, 5) is 4.65. The summed E-state index contributed by atoms with van der Waals surface area (Å²) in [5.74, 6) is 0.724. The Hall–Kier alpha value is -1.39. The topological polar surface area (TPSA) is 45.2 Å². The number of aliphatic hydroxyl groups excluding tert-OH is 1. The Morgan fingerprint density at radius 1 is 1.35 bits per heavy atom. The monoisotopic (exact) mass is 290 g/mol. The highest BCUT2D eigenvalue weighted by atomic mass is 32.1. The maximum absolute atomic E-state index is 9.12. The summed E-state index contributed by atoms with van der Waals surface area (Å²) in [6, 6.07) is 7.83. The zero-order valence-electron chi connectivity index (χ0n) is 12.1. The molecule has 2 N–H and O–H groups in total. The molecule has 0 aliphatic carbocycles. The molecule has 0 atom stereocenters. The first-order valence-corrected chi connectivity index (χ1v) is 7.92. The van der Waals surface area contributed by atoms with Crippen molar-refractivity contribution < 1.29 is 5.11 Å². The lowest BCUT2D eigenvalue weighted by atomic mass is 10.1. The van der Waals surface area contributed by atoms with Gasteiger partial charge in [0.2, 0.25) is 0 Å². The third-order valence-corrected chi connectivity index (χ3v) is 4.08. The van der Waals surface area contributed by atoms with Crippen LogP contribution in [0, 0.1) is 5.92 Å². The van der Waals surface area contributed by atoms with E-state index in [1.165, 1.54) is 11.4 Å². The van der Waals surface area contributed by atoms with Crippen LogP contribution in [-0.2, 0) is 19.6 Å². The van der Waals surface area contributed by atoms with Gasteiger partial charge in [-0.05, 0) is 36.5 Å². The highest BCUT2D eigenvalue weighted by Gasteiger charge is 2.04. The molecule has 2 rings (SSSR count). The highest BCUT2D eigenvalue weighted by Crippen LogP contribution is 2.16. The van der Waals surface area contributed by atoms with E-state index in [1.807, 2.05) is 24.3 Å². The number of rotatable bonds is 7. The minimum absolute atomic E-state index is 0.0750. The number of thiazole rings is 1. The second kappa shape index (κ2) is 7.41. The summed E-state index contributed by atoms with van der Waals surface area (Å²) in [5.41, 5.74) is 3.03. The van der Waals surface area contributed by atoms with Crippen LogP contribution in [0.1, 0.15) is 36.5 Å². The fourth-order valence-corrected chi connectivity index (χ4v) is 2.74. The minimum atomic E-state index is 0.0750. The van der Waals surface area contributed by atoms with Crippen LogP contribution in [0.5, 0.6) is 0 Å². The van der Waals surface area contributed by atoms with E-state index < -0.39 is 0 Å². The van der Waals surface area contributed by atoms with Crippen LogP contribution >= 0.6 is 11.3 Å². The van der Waals surface area contributed by atoms with Crippen molar-refractivity contribution in [1.82, 2.24) is 4.98 Å². The summed E-state index contributed by atoms with van der Waals surface area (Å²) in [7, 11) is 0. The van der Waals surface area contributed by atoms with E-state index >= 15 is 0 Å². The molecule has 1 aromatic carbocycles. The second-order valence-corrected chi connectivity index (χ2v) is 6.32. The molecule has 0 unspecified atom stereocenters. The van der Waals surface area contributed by atoms with E-state index in [4.69, 9.17) is 5.11 Å². The largest absolute Gasteiger partial charge is 0.392 e. The molecule has 108 valence electrons. The van der Waals surface area contributed by atoms with Gasteiger partial charge in [-0.1, -0.05) is 26.0 Å². The number of nitrogens with one attached hydrogen (secondary N) is 1. The van der Waals surface area contributed by atoms with Crippen molar-refractivity contribution in [1.29, 1.82) is 0 Å². The fraction of sp³-hybridized carbons (Fsp3) is 0.438. The predicted molar refractivity (Wildman–Crippen MR) is 85.0 cm³/mol. The Morgan fingerprint density at radius 3 is 2.95 bits per heavy atom. The maximum Gasteiger partial charge on any atom is 0.0929 e. The van der Waals surface area contributed by atoms with Crippen molar-refractivity contribution >= 4 is 17.0 Å². The van der Waals surface area contributed by atoms with Crippen LogP contribution in [0.15, 0.2) is 29.6 Å². The Bertz CT molecular complexity index is 537. The summed E-state index contributed by atoms with van der Waals surface area (Å²) in [6.07, 6.45) is 2.27. The number of nitrogens with zero attached hydrogens (tertiary/aromatic N) is 1. The molecule has 0 saturated heterocycles. The SMILES string of the molecule is CC(C)CCc1nc(CNc2cccc(CO)c2)cs1. The number of aromatic nitrogens is 1. The van der Waals surface area contributed by atoms with Gasteiger partial charge in [0.25, 0.3) is 0 Å². The van der Waals surface area contributed by atoms with Crippen molar-refractivity contribution in [3.63, 3.8) is 0 Å². The maximum atomic E-state index is 9.12. The van der Waals surface area contributed by atoms with Gasteiger partial charge in [-0.3, -0.25) is 0 Å². The molecule has 0 radical (unpaired) electrons. The molecule has 0 amide bonds. The molecule has 1 aromatic heterocycles. The van der Waals surface area contributed by atoms with E-state index in [-0.39, 0.29) is 6.61 Å². The molecule has 0 saturated carbocycles. The first-order valence-electron chi connectivity index (χ1n) is 7.04. The van der Waals surface area contributed by atoms with Crippen LogP contribution in [0.2, 0.25) is 0 Å². The number of benzene rings is 1. The molecule has 0 bridgehead atoms. The number of hydrogen-bond acceptors (Lipinski definition) is 4. The Balaban J connectivity index is 1.87. The van der Waals surface area contributed by atoms with Crippen LogP contribution in [-0.4, -0.2) is 10.1 Å². The first-order chi connectivity index (χ1) is 9.67. The molecule has 0 aliphatic heterocycles. The number of aliphatic hydroxyl groups is 1. The normalized spacial score (nSPS) is 11.0. The molecule has 20 heavy (non-hydrogen) atoms. The fourth-order valence-electron chi connectivity index (χ4n) is 1.93. The molecule has 0 aliphatic rings. The number of hydrogen-bond donors (Lipinski definition) is 2. The van der Waals surface area contributed by atoms with Crippen molar-refractivity contribution in [3.8, 4) is 0 Å². The van der Waals surface area contributed by atoms with Gasteiger partial charge in [-0.25, -0.2) is 4.98 Å². The lowest BCUT2D eigenvalue weighted by molar-refractivity contribution is 0.282. The number of anilines is 1. The smallest absolute Gasteiger partial charge is 0.0929 e. The molecule has 2 aromatic rings. The van der Waals surface area contributed by atoms with Gasteiger partial charge in [0.05, 0.1) is 23.9 Å². The van der Waals surface area contributed by atoms with E-state index in [1.54, 1.807) is 11.3 Å².